The maximum absolute atomic E-state index is 12.0. The summed E-state index contributed by atoms with van der Waals surface area (Å²) in [5, 5.41) is -1.63. The molecule has 0 bridgehead atoms. The van der Waals surface area contributed by atoms with Gasteiger partial charge < -0.3 is 0 Å². The largest absolute Gasteiger partial charge is 0.279 e. The molecule has 0 heterocycles. The second-order valence-corrected chi connectivity index (χ2v) is 4.72. The van der Waals surface area contributed by atoms with E-state index in [9.17, 15) is 9.59 Å². The molecule has 0 spiro atoms. The van der Waals surface area contributed by atoms with E-state index in [-0.39, 0.29) is 0 Å². The summed E-state index contributed by atoms with van der Waals surface area (Å²) < 4.78 is 0. The lowest BCUT2D eigenvalue weighted by molar-refractivity contribution is -0.124. The molecular weight excluding hydrogens is 283 g/mol. The number of carbonyl (C=O) groups excluding carboxylic acids is 2. The van der Waals surface area contributed by atoms with E-state index in [1.165, 1.54) is 0 Å². The SMILES string of the molecule is O=C(Cl)C(C(=O)Cl)(c1ccccc1)c1ccccc1. The van der Waals surface area contributed by atoms with Crippen molar-refractivity contribution in [3.8, 4) is 0 Å². The minimum absolute atomic E-state index is 0.459. The van der Waals surface area contributed by atoms with Gasteiger partial charge in [0, 0.05) is 0 Å². The van der Waals surface area contributed by atoms with Gasteiger partial charge in [0.25, 0.3) is 0 Å². The third-order valence-corrected chi connectivity index (χ3v) is 3.57. The summed E-state index contributed by atoms with van der Waals surface area (Å²) in [4.78, 5) is 23.9. The second-order valence-electron chi connectivity index (χ2n) is 4.03. The molecule has 2 rings (SSSR count). The first kappa shape index (κ1) is 13.8. The number of carbonyl (C=O) groups is 2. The molecule has 0 N–H and O–H groups in total. The molecule has 19 heavy (non-hydrogen) atoms. The van der Waals surface area contributed by atoms with Crippen LogP contribution in [0.25, 0.3) is 0 Å². The Hall–Kier alpha value is -1.64. The van der Waals surface area contributed by atoms with E-state index in [4.69, 9.17) is 23.2 Å². The molecule has 0 aliphatic carbocycles. The van der Waals surface area contributed by atoms with Crippen LogP contribution in [0.3, 0.4) is 0 Å². The molecule has 2 nitrogen and oxygen atoms in total. The zero-order valence-corrected chi connectivity index (χ0v) is 11.4. The minimum atomic E-state index is -1.66. The average Bonchev–Trinajstić information content (AvgIpc) is 2.41. The van der Waals surface area contributed by atoms with Gasteiger partial charge in [-0.2, -0.15) is 0 Å². The Bertz CT molecular complexity index is 539. The molecule has 0 aromatic heterocycles. The Morgan fingerprint density at radius 1 is 0.684 bits per heavy atom. The third kappa shape index (κ3) is 2.29. The van der Waals surface area contributed by atoms with E-state index < -0.39 is 15.9 Å². The predicted octanol–water partition coefficient (Wildman–Crippen LogP) is 3.50. The summed E-state index contributed by atoms with van der Waals surface area (Å²) in [6, 6.07) is 17.1. The van der Waals surface area contributed by atoms with E-state index in [1.807, 2.05) is 0 Å². The van der Waals surface area contributed by atoms with Crippen molar-refractivity contribution in [2.24, 2.45) is 0 Å². The van der Waals surface area contributed by atoms with Crippen molar-refractivity contribution in [1.82, 2.24) is 0 Å². The van der Waals surface area contributed by atoms with Crippen molar-refractivity contribution in [2.45, 2.75) is 5.41 Å². The molecule has 0 saturated carbocycles. The normalized spacial score (nSPS) is 11.1. The van der Waals surface area contributed by atoms with E-state index in [2.05, 4.69) is 0 Å². The fourth-order valence-electron chi connectivity index (χ4n) is 2.07. The minimum Gasteiger partial charge on any atom is -0.279 e. The maximum Gasteiger partial charge on any atom is 0.245 e. The molecule has 0 unspecified atom stereocenters. The lowest BCUT2D eigenvalue weighted by Gasteiger charge is -2.27. The van der Waals surface area contributed by atoms with Gasteiger partial charge in [0.05, 0.1) is 0 Å². The van der Waals surface area contributed by atoms with Gasteiger partial charge in [-0.1, -0.05) is 60.7 Å². The topological polar surface area (TPSA) is 34.1 Å². The summed E-state index contributed by atoms with van der Waals surface area (Å²) in [6.07, 6.45) is 0. The van der Waals surface area contributed by atoms with Crippen LogP contribution in [0.4, 0.5) is 0 Å². The first-order valence-electron chi connectivity index (χ1n) is 5.61. The molecule has 0 fully saturated rings. The smallest absolute Gasteiger partial charge is 0.245 e. The van der Waals surface area contributed by atoms with Crippen molar-refractivity contribution in [1.29, 1.82) is 0 Å². The van der Waals surface area contributed by atoms with Crippen LogP contribution in [0, 0.1) is 0 Å². The molecule has 0 amide bonds. The first-order valence-corrected chi connectivity index (χ1v) is 6.36. The van der Waals surface area contributed by atoms with Gasteiger partial charge >= 0.3 is 0 Å². The zero-order chi connectivity index (χ0) is 13.9. The standard InChI is InChI=1S/C15H10Cl2O2/c16-13(18)15(14(17)19,11-7-3-1-4-8-11)12-9-5-2-6-10-12/h1-10H. The van der Waals surface area contributed by atoms with Gasteiger partial charge in [0.1, 0.15) is 0 Å². The summed E-state index contributed by atoms with van der Waals surface area (Å²) in [7, 11) is 0. The molecular formula is C15H10Cl2O2. The molecule has 0 aliphatic rings. The van der Waals surface area contributed by atoms with Crippen LogP contribution in [0.15, 0.2) is 60.7 Å². The van der Waals surface area contributed by atoms with E-state index in [0.29, 0.717) is 11.1 Å². The Labute approximate surface area is 121 Å². The second kappa shape index (κ2) is 5.55. The van der Waals surface area contributed by atoms with E-state index in [1.54, 1.807) is 60.7 Å². The van der Waals surface area contributed by atoms with Gasteiger partial charge in [0.2, 0.25) is 10.5 Å². The van der Waals surface area contributed by atoms with Crippen molar-refractivity contribution in [3.63, 3.8) is 0 Å². The number of hydrogen-bond donors (Lipinski definition) is 0. The Balaban J connectivity index is 2.77. The highest BCUT2D eigenvalue weighted by Gasteiger charge is 2.47. The molecule has 0 saturated heterocycles. The molecule has 96 valence electrons. The number of rotatable bonds is 4. The van der Waals surface area contributed by atoms with Crippen LogP contribution in [-0.4, -0.2) is 10.5 Å². The van der Waals surface area contributed by atoms with Crippen molar-refractivity contribution in [3.05, 3.63) is 71.8 Å². The lowest BCUT2D eigenvalue weighted by Crippen LogP contribution is -2.40. The van der Waals surface area contributed by atoms with E-state index >= 15 is 0 Å². The maximum atomic E-state index is 12.0. The molecule has 2 aromatic rings. The number of benzene rings is 2. The average molecular weight is 293 g/mol. The van der Waals surface area contributed by atoms with Crippen LogP contribution < -0.4 is 0 Å². The van der Waals surface area contributed by atoms with Crippen LogP contribution in [0.2, 0.25) is 0 Å². The highest BCUT2D eigenvalue weighted by Crippen LogP contribution is 2.36. The zero-order valence-electron chi connectivity index (χ0n) is 9.85. The van der Waals surface area contributed by atoms with Crippen LogP contribution in [0.1, 0.15) is 11.1 Å². The van der Waals surface area contributed by atoms with Crippen molar-refractivity contribution >= 4 is 33.7 Å². The monoisotopic (exact) mass is 292 g/mol. The van der Waals surface area contributed by atoms with Crippen LogP contribution >= 0.6 is 23.2 Å². The quantitative estimate of drug-likeness (QED) is 0.638. The van der Waals surface area contributed by atoms with Crippen molar-refractivity contribution in [2.75, 3.05) is 0 Å². The fourth-order valence-corrected chi connectivity index (χ4v) is 2.73. The molecule has 2 aromatic carbocycles. The highest BCUT2D eigenvalue weighted by molar-refractivity contribution is 6.76. The van der Waals surface area contributed by atoms with Gasteiger partial charge in [0.15, 0.2) is 5.41 Å². The Kier molecular flexibility index (Phi) is 4.03. The van der Waals surface area contributed by atoms with E-state index in [0.717, 1.165) is 0 Å². The summed E-state index contributed by atoms with van der Waals surface area (Å²) in [5.74, 6) is 0. The number of halogens is 2. The van der Waals surface area contributed by atoms with Crippen molar-refractivity contribution < 1.29 is 9.59 Å². The van der Waals surface area contributed by atoms with Crippen LogP contribution in [0.5, 0.6) is 0 Å². The molecule has 4 heteroatoms. The summed E-state index contributed by atoms with van der Waals surface area (Å²) in [6.45, 7) is 0. The van der Waals surface area contributed by atoms with Gasteiger partial charge in [-0.25, -0.2) is 0 Å². The molecule has 0 atom stereocenters. The van der Waals surface area contributed by atoms with Gasteiger partial charge in [-0.05, 0) is 34.3 Å². The number of hydrogen-bond acceptors (Lipinski definition) is 2. The third-order valence-electron chi connectivity index (χ3n) is 3.00. The van der Waals surface area contributed by atoms with Gasteiger partial charge in [-0.3, -0.25) is 9.59 Å². The summed E-state index contributed by atoms with van der Waals surface area (Å²) >= 11 is 11.4. The highest BCUT2D eigenvalue weighted by atomic mass is 35.5. The summed E-state index contributed by atoms with van der Waals surface area (Å²) in [5.41, 5.74) is -0.742. The fraction of sp³-hybridized carbons (Fsp3) is 0.0667. The lowest BCUT2D eigenvalue weighted by atomic mass is 9.76. The predicted molar refractivity (Wildman–Crippen MR) is 75.4 cm³/mol. The Morgan fingerprint density at radius 3 is 1.26 bits per heavy atom. The Morgan fingerprint density at radius 2 is 1.00 bits per heavy atom. The van der Waals surface area contributed by atoms with Gasteiger partial charge in [-0.15, -0.1) is 0 Å². The molecule has 0 radical (unpaired) electrons. The molecule has 0 aliphatic heterocycles. The van der Waals surface area contributed by atoms with Crippen LogP contribution in [-0.2, 0) is 15.0 Å². The first-order chi connectivity index (χ1) is 9.10.